The SMILES string of the molecule is Cc1noc(C2CCCN(C(=O)C(N)C(C)C)C2)n1. The van der Waals surface area contributed by atoms with Crippen molar-refractivity contribution in [3.8, 4) is 0 Å². The molecule has 1 aliphatic rings. The molecule has 2 unspecified atom stereocenters. The van der Waals surface area contributed by atoms with Gasteiger partial charge in [-0.15, -0.1) is 0 Å². The lowest BCUT2D eigenvalue weighted by atomic mass is 9.96. The maximum Gasteiger partial charge on any atom is 0.239 e. The summed E-state index contributed by atoms with van der Waals surface area (Å²) in [6.07, 6.45) is 1.92. The minimum Gasteiger partial charge on any atom is -0.341 e. The molecular weight excluding hydrogens is 244 g/mol. The van der Waals surface area contributed by atoms with Crippen LogP contribution in [0.25, 0.3) is 0 Å². The van der Waals surface area contributed by atoms with Gasteiger partial charge in [0.1, 0.15) is 0 Å². The number of aromatic nitrogens is 2. The van der Waals surface area contributed by atoms with E-state index in [0.717, 1.165) is 19.4 Å². The molecule has 1 fully saturated rings. The fourth-order valence-corrected chi connectivity index (χ4v) is 2.35. The summed E-state index contributed by atoms with van der Waals surface area (Å²) >= 11 is 0. The van der Waals surface area contributed by atoms with Crippen LogP contribution in [0.1, 0.15) is 44.3 Å². The molecule has 1 aromatic rings. The predicted molar refractivity (Wildman–Crippen MR) is 70.4 cm³/mol. The summed E-state index contributed by atoms with van der Waals surface area (Å²) in [6, 6.07) is -0.428. The van der Waals surface area contributed by atoms with Gasteiger partial charge in [0.25, 0.3) is 0 Å². The first-order valence-corrected chi connectivity index (χ1v) is 6.83. The van der Waals surface area contributed by atoms with Gasteiger partial charge in [0.15, 0.2) is 5.82 Å². The number of carbonyl (C=O) groups excluding carboxylic acids is 1. The smallest absolute Gasteiger partial charge is 0.239 e. The summed E-state index contributed by atoms with van der Waals surface area (Å²) < 4.78 is 5.21. The average Bonchev–Trinajstić information content (AvgIpc) is 2.84. The second kappa shape index (κ2) is 5.69. The van der Waals surface area contributed by atoms with Crippen LogP contribution in [0.5, 0.6) is 0 Å². The Morgan fingerprint density at radius 2 is 2.26 bits per heavy atom. The molecule has 6 heteroatoms. The molecule has 0 bridgehead atoms. The number of nitrogens with two attached hydrogens (primary N) is 1. The summed E-state index contributed by atoms with van der Waals surface area (Å²) in [7, 11) is 0. The van der Waals surface area contributed by atoms with E-state index < -0.39 is 6.04 Å². The van der Waals surface area contributed by atoms with E-state index in [1.807, 2.05) is 18.7 Å². The van der Waals surface area contributed by atoms with E-state index in [2.05, 4.69) is 10.1 Å². The third-order valence-corrected chi connectivity index (χ3v) is 3.63. The summed E-state index contributed by atoms with van der Waals surface area (Å²) in [5, 5.41) is 3.81. The van der Waals surface area contributed by atoms with Crippen LogP contribution >= 0.6 is 0 Å². The zero-order chi connectivity index (χ0) is 14.0. The predicted octanol–water partition coefficient (Wildman–Crippen LogP) is 1.07. The summed E-state index contributed by atoms with van der Waals surface area (Å²) in [6.45, 7) is 7.12. The van der Waals surface area contributed by atoms with Crippen molar-refractivity contribution in [3.63, 3.8) is 0 Å². The Labute approximate surface area is 113 Å². The van der Waals surface area contributed by atoms with Gasteiger partial charge in [-0.2, -0.15) is 4.98 Å². The van der Waals surface area contributed by atoms with Gasteiger partial charge >= 0.3 is 0 Å². The molecule has 1 saturated heterocycles. The molecule has 0 spiro atoms. The molecule has 2 N–H and O–H groups in total. The lowest BCUT2D eigenvalue weighted by Crippen LogP contribution is -2.49. The first-order valence-electron chi connectivity index (χ1n) is 6.83. The molecule has 0 radical (unpaired) electrons. The summed E-state index contributed by atoms with van der Waals surface area (Å²) in [4.78, 5) is 18.3. The van der Waals surface area contributed by atoms with Crippen molar-refractivity contribution in [3.05, 3.63) is 11.7 Å². The molecule has 0 saturated carbocycles. The van der Waals surface area contributed by atoms with Crippen LogP contribution in [0.3, 0.4) is 0 Å². The molecule has 1 aromatic heterocycles. The van der Waals surface area contributed by atoms with E-state index in [-0.39, 0.29) is 17.7 Å². The van der Waals surface area contributed by atoms with Gasteiger partial charge < -0.3 is 15.2 Å². The Bertz CT molecular complexity index is 444. The number of likely N-dealkylation sites (tertiary alicyclic amines) is 1. The molecule has 106 valence electrons. The highest BCUT2D eigenvalue weighted by Gasteiger charge is 2.31. The highest BCUT2D eigenvalue weighted by atomic mass is 16.5. The number of piperidine rings is 1. The molecular formula is C13H22N4O2. The van der Waals surface area contributed by atoms with Gasteiger partial charge in [0.2, 0.25) is 11.8 Å². The van der Waals surface area contributed by atoms with Crippen LogP contribution in [0.15, 0.2) is 4.52 Å². The van der Waals surface area contributed by atoms with Gasteiger partial charge in [-0.1, -0.05) is 19.0 Å². The van der Waals surface area contributed by atoms with Crippen LogP contribution in [0.2, 0.25) is 0 Å². The number of nitrogens with zero attached hydrogens (tertiary/aromatic N) is 3. The Morgan fingerprint density at radius 3 is 2.84 bits per heavy atom. The van der Waals surface area contributed by atoms with E-state index in [9.17, 15) is 4.79 Å². The first-order chi connectivity index (χ1) is 8.99. The van der Waals surface area contributed by atoms with Gasteiger partial charge in [0.05, 0.1) is 12.0 Å². The Morgan fingerprint density at radius 1 is 1.53 bits per heavy atom. The number of aryl methyl sites for hydroxylation is 1. The van der Waals surface area contributed by atoms with Crippen LogP contribution in [0.4, 0.5) is 0 Å². The average molecular weight is 266 g/mol. The summed E-state index contributed by atoms with van der Waals surface area (Å²) in [5.41, 5.74) is 5.94. The molecule has 2 heterocycles. The van der Waals surface area contributed by atoms with Crippen molar-refractivity contribution in [2.45, 2.75) is 45.6 Å². The van der Waals surface area contributed by atoms with E-state index in [4.69, 9.17) is 10.3 Å². The number of amides is 1. The Hall–Kier alpha value is -1.43. The van der Waals surface area contributed by atoms with Crippen LogP contribution in [-0.4, -0.2) is 40.1 Å². The highest BCUT2D eigenvalue weighted by Crippen LogP contribution is 2.26. The topological polar surface area (TPSA) is 85.2 Å². The molecule has 19 heavy (non-hydrogen) atoms. The van der Waals surface area contributed by atoms with Crippen molar-refractivity contribution >= 4 is 5.91 Å². The Balaban J connectivity index is 2.03. The van der Waals surface area contributed by atoms with E-state index in [0.29, 0.717) is 18.3 Å². The molecule has 1 amide bonds. The van der Waals surface area contributed by atoms with Crippen LogP contribution in [-0.2, 0) is 4.79 Å². The number of rotatable bonds is 3. The number of carbonyl (C=O) groups is 1. The molecule has 2 atom stereocenters. The number of hydrogen-bond acceptors (Lipinski definition) is 5. The maximum absolute atomic E-state index is 12.3. The van der Waals surface area contributed by atoms with Crippen molar-refractivity contribution < 1.29 is 9.32 Å². The fraction of sp³-hybridized carbons (Fsp3) is 0.769. The van der Waals surface area contributed by atoms with Gasteiger partial charge in [-0.25, -0.2) is 0 Å². The largest absolute Gasteiger partial charge is 0.341 e. The van der Waals surface area contributed by atoms with E-state index in [1.165, 1.54) is 0 Å². The molecule has 0 aliphatic carbocycles. The fourth-order valence-electron chi connectivity index (χ4n) is 2.35. The van der Waals surface area contributed by atoms with Gasteiger partial charge in [-0.3, -0.25) is 4.79 Å². The number of hydrogen-bond donors (Lipinski definition) is 1. The van der Waals surface area contributed by atoms with Crippen molar-refractivity contribution in [2.24, 2.45) is 11.7 Å². The van der Waals surface area contributed by atoms with E-state index in [1.54, 1.807) is 6.92 Å². The van der Waals surface area contributed by atoms with Crippen LogP contribution < -0.4 is 5.73 Å². The van der Waals surface area contributed by atoms with Crippen LogP contribution in [0, 0.1) is 12.8 Å². The lowest BCUT2D eigenvalue weighted by molar-refractivity contribution is -0.134. The maximum atomic E-state index is 12.3. The second-order valence-corrected chi connectivity index (χ2v) is 5.57. The van der Waals surface area contributed by atoms with Gasteiger partial charge in [0, 0.05) is 13.1 Å². The minimum atomic E-state index is -0.428. The van der Waals surface area contributed by atoms with Crippen molar-refractivity contribution in [1.82, 2.24) is 15.0 Å². The lowest BCUT2D eigenvalue weighted by Gasteiger charge is -2.33. The quantitative estimate of drug-likeness (QED) is 0.884. The molecule has 2 rings (SSSR count). The molecule has 6 nitrogen and oxygen atoms in total. The van der Waals surface area contributed by atoms with Crippen molar-refractivity contribution in [2.75, 3.05) is 13.1 Å². The normalized spacial score (nSPS) is 21.7. The standard InChI is InChI=1S/C13H22N4O2/c1-8(2)11(14)13(18)17-6-4-5-10(7-17)12-15-9(3)16-19-12/h8,10-11H,4-7,14H2,1-3H3. The van der Waals surface area contributed by atoms with Gasteiger partial charge in [-0.05, 0) is 25.7 Å². The third-order valence-electron chi connectivity index (χ3n) is 3.63. The Kier molecular flexibility index (Phi) is 4.19. The molecule has 0 aromatic carbocycles. The van der Waals surface area contributed by atoms with E-state index >= 15 is 0 Å². The minimum absolute atomic E-state index is 0.0240. The monoisotopic (exact) mass is 266 g/mol. The zero-order valence-corrected chi connectivity index (χ0v) is 11.8. The first kappa shape index (κ1) is 14.0. The molecule has 1 aliphatic heterocycles. The summed E-state index contributed by atoms with van der Waals surface area (Å²) in [5.74, 6) is 1.58. The second-order valence-electron chi connectivity index (χ2n) is 5.57. The van der Waals surface area contributed by atoms with Crippen molar-refractivity contribution in [1.29, 1.82) is 0 Å². The zero-order valence-electron chi connectivity index (χ0n) is 11.8. The third kappa shape index (κ3) is 3.12. The highest BCUT2D eigenvalue weighted by molar-refractivity contribution is 5.82.